The third kappa shape index (κ3) is 4.15. The summed E-state index contributed by atoms with van der Waals surface area (Å²) in [5, 5.41) is 3.92. The zero-order chi connectivity index (χ0) is 17.8. The number of nitrogens with one attached hydrogen (secondary N) is 1. The SMILES string of the molecule is COc1ccc(NC(=O)CN(C)[C@H](C)c2nc3ccccc3s2)cc1. The van der Waals surface area contributed by atoms with Crippen molar-refractivity contribution in [2.24, 2.45) is 0 Å². The van der Waals surface area contributed by atoms with Crippen molar-refractivity contribution >= 4 is 33.1 Å². The molecule has 130 valence electrons. The molecule has 5 nitrogen and oxygen atoms in total. The molecule has 1 aromatic heterocycles. The fraction of sp³-hybridized carbons (Fsp3) is 0.263. The maximum Gasteiger partial charge on any atom is 0.238 e. The molecule has 1 amide bonds. The molecule has 2 aromatic carbocycles. The van der Waals surface area contributed by atoms with Gasteiger partial charge >= 0.3 is 0 Å². The number of rotatable bonds is 6. The van der Waals surface area contributed by atoms with E-state index in [9.17, 15) is 4.79 Å². The zero-order valence-corrected chi connectivity index (χ0v) is 15.3. The first-order valence-corrected chi connectivity index (χ1v) is 8.88. The van der Waals surface area contributed by atoms with E-state index in [-0.39, 0.29) is 11.9 Å². The van der Waals surface area contributed by atoms with E-state index in [0.29, 0.717) is 6.54 Å². The Morgan fingerprint density at radius 3 is 2.64 bits per heavy atom. The Balaban J connectivity index is 1.61. The Kier molecular flexibility index (Phi) is 5.31. The van der Waals surface area contributed by atoms with Gasteiger partial charge in [-0.25, -0.2) is 4.98 Å². The number of fused-ring (bicyclic) bond motifs is 1. The summed E-state index contributed by atoms with van der Waals surface area (Å²) in [4.78, 5) is 19.0. The van der Waals surface area contributed by atoms with Gasteiger partial charge in [-0.05, 0) is 50.4 Å². The lowest BCUT2D eigenvalue weighted by atomic mass is 10.3. The summed E-state index contributed by atoms with van der Waals surface area (Å²) < 4.78 is 6.28. The number of hydrogen-bond donors (Lipinski definition) is 1. The van der Waals surface area contributed by atoms with Crippen molar-refractivity contribution < 1.29 is 9.53 Å². The topological polar surface area (TPSA) is 54.5 Å². The number of ether oxygens (including phenoxy) is 1. The van der Waals surface area contributed by atoms with Gasteiger partial charge in [0, 0.05) is 5.69 Å². The molecular weight excluding hydrogens is 334 g/mol. The van der Waals surface area contributed by atoms with Crippen LogP contribution in [0.1, 0.15) is 18.0 Å². The summed E-state index contributed by atoms with van der Waals surface area (Å²) in [5.74, 6) is 0.709. The molecule has 1 heterocycles. The molecule has 0 aliphatic carbocycles. The van der Waals surface area contributed by atoms with E-state index in [1.54, 1.807) is 18.4 Å². The van der Waals surface area contributed by atoms with Gasteiger partial charge in [0.05, 0.1) is 29.9 Å². The number of likely N-dealkylation sites (N-methyl/N-ethyl adjacent to an activating group) is 1. The van der Waals surface area contributed by atoms with E-state index in [2.05, 4.69) is 23.3 Å². The lowest BCUT2D eigenvalue weighted by Crippen LogP contribution is -2.32. The van der Waals surface area contributed by atoms with Crippen molar-refractivity contribution in [2.45, 2.75) is 13.0 Å². The number of para-hydroxylation sites is 1. The maximum atomic E-state index is 12.3. The van der Waals surface area contributed by atoms with Crippen LogP contribution in [0.3, 0.4) is 0 Å². The number of carbonyl (C=O) groups is 1. The second-order valence-electron chi connectivity index (χ2n) is 5.89. The summed E-state index contributed by atoms with van der Waals surface area (Å²) >= 11 is 1.67. The molecule has 0 aliphatic heterocycles. The molecule has 0 unspecified atom stereocenters. The minimum absolute atomic E-state index is 0.0550. The molecule has 0 saturated carbocycles. The minimum Gasteiger partial charge on any atom is -0.497 e. The van der Waals surface area contributed by atoms with E-state index in [1.165, 1.54) is 4.70 Å². The monoisotopic (exact) mass is 355 g/mol. The molecule has 1 atom stereocenters. The summed E-state index contributed by atoms with van der Waals surface area (Å²) in [6, 6.07) is 15.5. The van der Waals surface area contributed by atoms with Crippen molar-refractivity contribution in [1.82, 2.24) is 9.88 Å². The minimum atomic E-state index is -0.0550. The first-order valence-electron chi connectivity index (χ1n) is 8.06. The Morgan fingerprint density at radius 2 is 1.96 bits per heavy atom. The van der Waals surface area contributed by atoms with Crippen LogP contribution in [-0.2, 0) is 4.79 Å². The third-order valence-electron chi connectivity index (χ3n) is 4.10. The summed E-state index contributed by atoms with van der Waals surface area (Å²) in [7, 11) is 3.55. The van der Waals surface area contributed by atoms with Crippen LogP contribution in [0.4, 0.5) is 5.69 Å². The molecule has 0 aliphatic rings. The fourth-order valence-corrected chi connectivity index (χ4v) is 3.58. The predicted molar refractivity (Wildman–Crippen MR) is 102 cm³/mol. The van der Waals surface area contributed by atoms with Crippen LogP contribution in [-0.4, -0.2) is 36.5 Å². The Labute approximate surface area is 151 Å². The fourth-order valence-electron chi connectivity index (χ4n) is 2.50. The highest BCUT2D eigenvalue weighted by Gasteiger charge is 2.18. The highest BCUT2D eigenvalue weighted by molar-refractivity contribution is 7.18. The summed E-state index contributed by atoms with van der Waals surface area (Å²) in [6.07, 6.45) is 0. The first-order chi connectivity index (χ1) is 12.1. The number of carbonyl (C=O) groups excluding carboxylic acids is 1. The van der Waals surface area contributed by atoms with E-state index in [1.807, 2.05) is 54.4 Å². The van der Waals surface area contributed by atoms with Gasteiger partial charge in [0.25, 0.3) is 0 Å². The quantitative estimate of drug-likeness (QED) is 0.728. The van der Waals surface area contributed by atoms with Crippen LogP contribution in [0, 0.1) is 0 Å². The van der Waals surface area contributed by atoms with Crippen LogP contribution in [0.25, 0.3) is 10.2 Å². The van der Waals surface area contributed by atoms with Crippen LogP contribution in [0.15, 0.2) is 48.5 Å². The van der Waals surface area contributed by atoms with Gasteiger partial charge in [-0.1, -0.05) is 12.1 Å². The molecule has 25 heavy (non-hydrogen) atoms. The highest BCUT2D eigenvalue weighted by Crippen LogP contribution is 2.28. The molecule has 0 spiro atoms. The molecule has 0 radical (unpaired) electrons. The lowest BCUT2D eigenvalue weighted by molar-refractivity contribution is -0.117. The predicted octanol–water partition coefficient (Wildman–Crippen LogP) is 3.94. The van der Waals surface area contributed by atoms with E-state index < -0.39 is 0 Å². The van der Waals surface area contributed by atoms with E-state index >= 15 is 0 Å². The number of methoxy groups -OCH3 is 1. The molecule has 0 bridgehead atoms. The lowest BCUT2D eigenvalue weighted by Gasteiger charge is -2.22. The molecule has 3 rings (SSSR count). The Morgan fingerprint density at radius 1 is 1.24 bits per heavy atom. The van der Waals surface area contributed by atoms with Crippen molar-refractivity contribution in [1.29, 1.82) is 0 Å². The molecule has 1 N–H and O–H groups in total. The number of hydrogen-bond acceptors (Lipinski definition) is 5. The maximum absolute atomic E-state index is 12.3. The standard InChI is InChI=1S/C19H21N3O2S/c1-13(19-21-16-6-4-5-7-17(16)25-19)22(2)12-18(23)20-14-8-10-15(24-3)11-9-14/h4-11,13H,12H2,1-3H3,(H,20,23)/t13-/m1/s1. The van der Waals surface area contributed by atoms with E-state index in [4.69, 9.17) is 4.74 Å². The second kappa shape index (κ2) is 7.63. The van der Waals surface area contributed by atoms with Gasteiger partial charge in [-0.3, -0.25) is 9.69 Å². The average molecular weight is 355 g/mol. The van der Waals surface area contributed by atoms with Gasteiger partial charge in [0.2, 0.25) is 5.91 Å². The molecular formula is C19H21N3O2S. The molecule has 3 aromatic rings. The first kappa shape index (κ1) is 17.4. The zero-order valence-electron chi connectivity index (χ0n) is 14.5. The van der Waals surface area contributed by atoms with Crippen molar-refractivity contribution in [3.8, 4) is 5.75 Å². The molecule has 0 fully saturated rings. The van der Waals surface area contributed by atoms with E-state index in [0.717, 1.165) is 22.0 Å². The number of amides is 1. The summed E-state index contributed by atoms with van der Waals surface area (Å²) in [5.41, 5.74) is 1.76. The smallest absolute Gasteiger partial charge is 0.238 e. The van der Waals surface area contributed by atoms with Crippen LogP contribution in [0.2, 0.25) is 0 Å². The second-order valence-corrected chi connectivity index (χ2v) is 6.95. The van der Waals surface area contributed by atoms with Crippen molar-refractivity contribution in [3.63, 3.8) is 0 Å². The van der Waals surface area contributed by atoms with Crippen molar-refractivity contribution in [2.75, 3.05) is 26.0 Å². The number of benzene rings is 2. The normalized spacial score (nSPS) is 12.3. The number of anilines is 1. The van der Waals surface area contributed by atoms with Crippen LogP contribution >= 0.6 is 11.3 Å². The van der Waals surface area contributed by atoms with Crippen LogP contribution in [0.5, 0.6) is 5.75 Å². The number of thiazole rings is 1. The van der Waals surface area contributed by atoms with Crippen LogP contribution < -0.4 is 10.1 Å². The summed E-state index contributed by atoms with van der Waals surface area (Å²) in [6.45, 7) is 2.36. The van der Waals surface area contributed by atoms with Gasteiger partial charge in [-0.15, -0.1) is 11.3 Å². The molecule has 6 heteroatoms. The highest BCUT2D eigenvalue weighted by atomic mass is 32.1. The third-order valence-corrected chi connectivity index (χ3v) is 5.30. The van der Waals surface area contributed by atoms with Gasteiger partial charge in [0.15, 0.2) is 0 Å². The van der Waals surface area contributed by atoms with Gasteiger partial charge in [-0.2, -0.15) is 0 Å². The average Bonchev–Trinajstić information content (AvgIpc) is 3.05. The van der Waals surface area contributed by atoms with Gasteiger partial charge in [0.1, 0.15) is 10.8 Å². The van der Waals surface area contributed by atoms with Crippen molar-refractivity contribution in [3.05, 3.63) is 53.5 Å². The Hall–Kier alpha value is -2.44. The largest absolute Gasteiger partial charge is 0.497 e. The number of aromatic nitrogens is 1. The Bertz CT molecular complexity index is 827. The number of nitrogens with zero attached hydrogens (tertiary/aromatic N) is 2. The molecule has 0 saturated heterocycles. The van der Waals surface area contributed by atoms with Gasteiger partial charge < -0.3 is 10.1 Å².